The van der Waals surface area contributed by atoms with Crippen molar-refractivity contribution in [3.63, 3.8) is 0 Å². The van der Waals surface area contributed by atoms with Crippen LogP contribution in [0.2, 0.25) is 0 Å². The minimum absolute atomic E-state index is 0.0917. The van der Waals surface area contributed by atoms with Crippen LogP contribution in [0.4, 0.5) is 19.0 Å². The quantitative estimate of drug-likeness (QED) is 0.629. The number of amides is 1. The van der Waals surface area contributed by atoms with Gasteiger partial charge in [-0.15, -0.1) is 0 Å². The van der Waals surface area contributed by atoms with E-state index < -0.39 is 18.3 Å². The van der Waals surface area contributed by atoms with Crippen molar-refractivity contribution < 1.29 is 27.3 Å². The van der Waals surface area contributed by atoms with E-state index in [-0.39, 0.29) is 23.7 Å². The molecule has 0 saturated carbocycles. The number of nitrogens with zero attached hydrogens (tertiary/aromatic N) is 3. The lowest BCUT2D eigenvalue weighted by Crippen LogP contribution is -3.13. The molecule has 2 aliphatic heterocycles. The number of anilines is 1. The van der Waals surface area contributed by atoms with Crippen LogP contribution in [-0.4, -0.2) is 52.9 Å². The number of halogens is 3. The van der Waals surface area contributed by atoms with Crippen molar-refractivity contribution in [3.05, 3.63) is 71.8 Å². The van der Waals surface area contributed by atoms with Crippen LogP contribution in [0.5, 0.6) is 0 Å². The number of nitrogens with one attached hydrogen (secondary N) is 2. The minimum atomic E-state index is -4.50. The highest BCUT2D eigenvalue weighted by molar-refractivity contribution is 5.99. The van der Waals surface area contributed by atoms with Crippen LogP contribution in [0.15, 0.2) is 59.3 Å². The van der Waals surface area contributed by atoms with Gasteiger partial charge in [0.05, 0.1) is 44.7 Å². The predicted molar refractivity (Wildman–Crippen MR) is 114 cm³/mol. The van der Waals surface area contributed by atoms with Gasteiger partial charge in [-0.1, -0.05) is 30.3 Å². The topological polar surface area (TPSA) is 67.7 Å². The van der Waals surface area contributed by atoms with Crippen LogP contribution in [0.1, 0.15) is 40.2 Å². The number of hydrogen-bond donors (Lipinski definition) is 2. The van der Waals surface area contributed by atoms with Crippen molar-refractivity contribution in [1.82, 2.24) is 14.7 Å². The highest BCUT2D eigenvalue weighted by Gasteiger charge is 2.48. The Labute approximate surface area is 188 Å². The van der Waals surface area contributed by atoms with Gasteiger partial charge in [0.25, 0.3) is 5.91 Å². The van der Waals surface area contributed by atoms with Crippen molar-refractivity contribution in [2.75, 3.05) is 31.5 Å². The molecule has 2 aliphatic rings. The Morgan fingerprint density at radius 1 is 1.15 bits per heavy atom. The average molecular weight is 460 g/mol. The molecule has 2 N–H and O–H groups in total. The summed E-state index contributed by atoms with van der Waals surface area (Å²) < 4.78 is 47.7. The number of hydrogen-bond acceptors (Lipinski definition) is 4. The third-order valence-corrected chi connectivity index (χ3v) is 6.41. The second-order valence-electron chi connectivity index (χ2n) is 8.56. The van der Waals surface area contributed by atoms with Gasteiger partial charge < -0.3 is 19.5 Å². The van der Waals surface area contributed by atoms with Crippen molar-refractivity contribution in [1.29, 1.82) is 0 Å². The van der Waals surface area contributed by atoms with E-state index in [1.54, 1.807) is 17.0 Å². The molecule has 0 aliphatic carbocycles. The van der Waals surface area contributed by atoms with Gasteiger partial charge in [-0.25, -0.2) is 4.68 Å². The number of quaternary nitrogens is 1. The number of fused-ring (bicyclic) bond motifs is 1. The van der Waals surface area contributed by atoms with Crippen molar-refractivity contribution >= 4 is 11.7 Å². The molecule has 10 heteroatoms. The molecular weight excluding hydrogens is 435 g/mol. The number of carbonyl (C=O) groups excluding carboxylic acids is 1. The molecule has 1 amide bonds. The molecule has 5 rings (SSSR count). The highest BCUT2D eigenvalue weighted by Crippen LogP contribution is 2.44. The molecule has 2 aromatic heterocycles. The summed E-state index contributed by atoms with van der Waals surface area (Å²) in [6, 6.07) is 10.9. The number of rotatable bonds is 4. The first-order valence-electron chi connectivity index (χ1n) is 11.0. The Balaban J connectivity index is 1.32. The van der Waals surface area contributed by atoms with Crippen molar-refractivity contribution in [3.8, 4) is 0 Å². The van der Waals surface area contributed by atoms with Gasteiger partial charge in [-0.2, -0.15) is 18.3 Å². The number of benzene rings is 1. The largest absolute Gasteiger partial charge is 0.467 e. The van der Waals surface area contributed by atoms with E-state index in [0.717, 1.165) is 24.3 Å². The van der Waals surface area contributed by atoms with E-state index in [0.29, 0.717) is 18.8 Å². The lowest BCUT2D eigenvalue weighted by molar-refractivity contribution is -0.917. The Bertz CT molecular complexity index is 1090. The Morgan fingerprint density at radius 2 is 1.91 bits per heavy atom. The first kappa shape index (κ1) is 21.6. The Morgan fingerprint density at radius 3 is 2.58 bits per heavy atom. The zero-order valence-electron chi connectivity index (χ0n) is 17.9. The van der Waals surface area contributed by atoms with Gasteiger partial charge in [-0.05, 0) is 12.1 Å². The first-order valence-corrected chi connectivity index (χ1v) is 11.0. The third kappa shape index (κ3) is 4.35. The van der Waals surface area contributed by atoms with Gasteiger partial charge in [0.2, 0.25) is 0 Å². The van der Waals surface area contributed by atoms with E-state index in [2.05, 4.69) is 22.5 Å². The molecule has 7 nitrogen and oxygen atoms in total. The SMILES string of the molecule is O=C(c1cnn2c1NC(c1ccco1)CC2C(F)(F)F)N1CC[NH+](Cc2ccccc2)CC1. The van der Waals surface area contributed by atoms with E-state index >= 15 is 0 Å². The molecule has 1 aromatic carbocycles. The standard InChI is InChI=1S/C23H24F3N5O2/c24-23(25,26)20-13-18(19-7-4-12-33-19)28-21-17(14-27-31(20)21)22(32)30-10-8-29(9-11-30)15-16-5-2-1-3-6-16/h1-7,12,14,18,20,28H,8-11,13,15H2/p+1. The fourth-order valence-corrected chi connectivity index (χ4v) is 4.65. The smallest absolute Gasteiger partial charge is 0.410 e. The molecule has 2 unspecified atom stereocenters. The number of furan rings is 1. The van der Waals surface area contributed by atoms with E-state index in [1.807, 2.05) is 18.2 Å². The minimum Gasteiger partial charge on any atom is -0.467 e. The number of piperazine rings is 1. The fraction of sp³-hybridized carbons (Fsp3) is 0.391. The normalized spacial score (nSPS) is 21.5. The van der Waals surface area contributed by atoms with Crippen LogP contribution in [0.25, 0.3) is 0 Å². The molecule has 0 radical (unpaired) electrons. The molecule has 3 aromatic rings. The van der Waals surface area contributed by atoms with Gasteiger partial charge in [0.15, 0.2) is 6.04 Å². The molecule has 4 heterocycles. The summed E-state index contributed by atoms with van der Waals surface area (Å²) in [6.07, 6.45) is -2.09. The zero-order valence-corrected chi connectivity index (χ0v) is 17.9. The lowest BCUT2D eigenvalue weighted by atomic mass is 10.0. The van der Waals surface area contributed by atoms with Crippen LogP contribution in [0, 0.1) is 0 Å². The number of carbonyl (C=O) groups is 1. The zero-order chi connectivity index (χ0) is 23.0. The Hall–Kier alpha value is -3.27. The van der Waals surface area contributed by atoms with E-state index in [1.165, 1.54) is 22.9 Å². The van der Waals surface area contributed by atoms with E-state index in [9.17, 15) is 18.0 Å². The van der Waals surface area contributed by atoms with Gasteiger partial charge in [-0.3, -0.25) is 4.79 Å². The van der Waals surface area contributed by atoms with Crippen molar-refractivity contribution in [2.24, 2.45) is 0 Å². The monoisotopic (exact) mass is 460 g/mol. The molecule has 33 heavy (non-hydrogen) atoms. The first-order chi connectivity index (χ1) is 15.9. The molecule has 2 atom stereocenters. The van der Waals surface area contributed by atoms with Crippen molar-refractivity contribution in [2.45, 2.75) is 31.2 Å². The van der Waals surface area contributed by atoms with Gasteiger partial charge in [0.1, 0.15) is 23.7 Å². The van der Waals surface area contributed by atoms with Gasteiger partial charge >= 0.3 is 6.18 Å². The summed E-state index contributed by atoms with van der Waals surface area (Å²) in [4.78, 5) is 16.3. The molecule has 0 bridgehead atoms. The van der Waals surface area contributed by atoms with Crippen LogP contribution < -0.4 is 10.2 Å². The summed E-state index contributed by atoms with van der Waals surface area (Å²) >= 11 is 0. The van der Waals surface area contributed by atoms with Gasteiger partial charge in [0, 0.05) is 12.0 Å². The predicted octanol–water partition coefficient (Wildman–Crippen LogP) is 2.68. The van der Waals surface area contributed by atoms with Crippen LogP contribution in [0.3, 0.4) is 0 Å². The summed E-state index contributed by atoms with van der Waals surface area (Å²) in [5.41, 5.74) is 1.40. The maximum Gasteiger partial charge on any atom is 0.410 e. The maximum absolute atomic E-state index is 13.8. The second-order valence-corrected chi connectivity index (χ2v) is 8.56. The molecule has 1 saturated heterocycles. The highest BCUT2D eigenvalue weighted by atomic mass is 19.4. The average Bonchev–Trinajstić information content (AvgIpc) is 3.49. The molecule has 0 spiro atoms. The third-order valence-electron chi connectivity index (χ3n) is 6.41. The summed E-state index contributed by atoms with van der Waals surface area (Å²) in [7, 11) is 0. The fourth-order valence-electron chi connectivity index (χ4n) is 4.65. The summed E-state index contributed by atoms with van der Waals surface area (Å²) in [5, 5.41) is 7.02. The molecule has 1 fully saturated rings. The number of alkyl halides is 3. The number of aromatic nitrogens is 2. The lowest BCUT2D eigenvalue weighted by Gasteiger charge is -2.34. The van der Waals surface area contributed by atoms with Crippen LogP contribution >= 0.6 is 0 Å². The second kappa shape index (κ2) is 8.58. The summed E-state index contributed by atoms with van der Waals surface area (Å²) in [6.45, 7) is 3.51. The van der Waals surface area contributed by atoms with Crippen LogP contribution in [-0.2, 0) is 6.54 Å². The molecular formula is C23H25F3N5O2+. The maximum atomic E-state index is 13.8. The molecule has 174 valence electrons. The Kier molecular flexibility index (Phi) is 5.61. The van der Waals surface area contributed by atoms with E-state index in [4.69, 9.17) is 4.42 Å². The summed E-state index contributed by atoms with van der Waals surface area (Å²) in [5.74, 6) is 0.186.